The quantitative estimate of drug-likeness (QED) is 0.447. The first-order chi connectivity index (χ1) is 16.6. The van der Waals surface area contributed by atoms with Gasteiger partial charge in [0.15, 0.2) is 0 Å². The Hall–Kier alpha value is -2.99. The molecule has 0 atom stereocenters. The molecule has 0 spiro atoms. The molecule has 4 heterocycles. The molecule has 1 fully saturated rings. The average Bonchev–Trinajstić information content (AvgIpc) is 3.28. The van der Waals surface area contributed by atoms with E-state index in [4.69, 9.17) is 0 Å². The van der Waals surface area contributed by atoms with E-state index in [0.29, 0.717) is 50.2 Å². The van der Waals surface area contributed by atoms with Crippen molar-refractivity contribution in [3.63, 3.8) is 0 Å². The summed E-state index contributed by atoms with van der Waals surface area (Å²) < 4.78 is 64.8. The smallest absolute Gasteiger partial charge is 0.351 e. The highest BCUT2D eigenvalue weighted by Gasteiger charge is 2.34. The third kappa shape index (κ3) is 5.99. The number of hydrogen-bond acceptors (Lipinski definition) is 5. The van der Waals surface area contributed by atoms with Gasteiger partial charge in [-0.15, -0.1) is 0 Å². The Labute approximate surface area is 201 Å². The van der Waals surface area contributed by atoms with Crippen LogP contribution in [-0.4, -0.2) is 53.2 Å². The molecule has 8 nitrogen and oxygen atoms in total. The number of fused-ring (bicyclic) bond motifs is 1. The van der Waals surface area contributed by atoms with Gasteiger partial charge in [-0.1, -0.05) is 12.8 Å². The van der Waals surface area contributed by atoms with Crippen molar-refractivity contribution < 1.29 is 26.4 Å². The Balaban J connectivity index is 1.18. The minimum absolute atomic E-state index is 0.169. The predicted octanol–water partition coefficient (Wildman–Crippen LogP) is 3.98. The number of pyridine rings is 2. The van der Waals surface area contributed by atoms with E-state index in [0.717, 1.165) is 42.4 Å². The molecule has 1 amide bonds. The monoisotopic (exact) mass is 509 g/mol. The summed E-state index contributed by atoms with van der Waals surface area (Å²) in [6, 6.07) is 5.22. The molecular formula is C23H26F3N5O3S. The van der Waals surface area contributed by atoms with Crippen LogP contribution in [-0.2, 0) is 16.2 Å². The number of hydrogen-bond donors (Lipinski definition) is 2. The lowest BCUT2D eigenvalue weighted by Crippen LogP contribution is -2.38. The zero-order chi connectivity index (χ0) is 25.1. The van der Waals surface area contributed by atoms with E-state index in [1.165, 1.54) is 4.31 Å². The molecule has 2 N–H and O–H groups in total. The van der Waals surface area contributed by atoms with E-state index in [1.807, 2.05) is 6.07 Å². The Morgan fingerprint density at radius 2 is 1.91 bits per heavy atom. The predicted molar refractivity (Wildman–Crippen MR) is 123 cm³/mol. The van der Waals surface area contributed by atoms with E-state index < -0.39 is 21.9 Å². The number of piperidine rings is 1. The Bertz CT molecular complexity index is 1230. The largest absolute Gasteiger partial charge is 0.433 e. The zero-order valence-electron chi connectivity index (χ0n) is 18.9. The van der Waals surface area contributed by atoms with Crippen molar-refractivity contribution in [2.45, 2.75) is 43.2 Å². The molecule has 188 valence electrons. The van der Waals surface area contributed by atoms with Crippen LogP contribution in [0.3, 0.4) is 0 Å². The third-order valence-electron chi connectivity index (χ3n) is 6.23. The number of rotatable bonds is 8. The van der Waals surface area contributed by atoms with E-state index in [2.05, 4.69) is 20.3 Å². The number of halogens is 3. The molecule has 1 saturated heterocycles. The molecule has 4 rings (SSSR count). The van der Waals surface area contributed by atoms with Gasteiger partial charge in [-0.3, -0.25) is 14.8 Å². The summed E-state index contributed by atoms with van der Waals surface area (Å²) in [5, 5.41) is 3.78. The van der Waals surface area contributed by atoms with Crippen LogP contribution in [0.1, 0.15) is 48.3 Å². The topological polar surface area (TPSA) is 108 Å². The van der Waals surface area contributed by atoms with Gasteiger partial charge in [-0.2, -0.15) is 17.5 Å². The van der Waals surface area contributed by atoms with E-state index >= 15 is 0 Å². The van der Waals surface area contributed by atoms with Gasteiger partial charge < -0.3 is 10.3 Å². The summed E-state index contributed by atoms with van der Waals surface area (Å²) in [4.78, 5) is 22.4. The molecule has 3 aromatic rings. The van der Waals surface area contributed by atoms with E-state index in [-0.39, 0.29) is 10.8 Å². The average molecular weight is 510 g/mol. The number of sulfonamides is 1. The number of amides is 1. The molecule has 0 saturated carbocycles. The summed E-state index contributed by atoms with van der Waals surface area (Å²) in [5.41, 5.74) is 0.225. The fourth-order valence-electron chi connectivity index (χ4n) is 4.24. The number of carbonyl (C=O) groups excluding carboxylic acids is 1. The maximum absolute atomic E-state index is 12.8. The van der Waals surface area contributed by atoms with Gasteiger partial charge in [0.05, 0.1) is 0 Å². The minimum atomic E-state index is -4.61. The second-order valence-electron chi connectivity index (χ2n) is 8.62. The first-order valence-corrected chi connectivity index (χ1v) is 12.8. The van der Waals surface area contributed by atoms with Crippen LogP contribution >= 0.6 is 0 Å². The number of aromatic nitrogens is 3. The summed E-state index contributed by atoms with van der Waals surface area (Å²) in [5.74, 6) is 0.196. The highest BCUT2D eigenvalue weighted by Crippen LogP contribution is 2.30. The van der Waals surface area contributed by atoms with E-state index in [1.54, 1.807) is 18.5 Å². The van der Waals surface area contributed by atoms with Crippen LogP contribution < -0.4 is 5.32 Å². The van der Waals surface area contributed by atoms with E-state index in [9.17, 15) is 26.4 Å². The van der Waals surface area contributed by atoms with Crippen molar-refractivity contribution in [2.24, 2.45) is 5.92 Å². The second kappa shape index (κ2) is 10.3. The normalized spacial score (nSPS) is 16.0. The van der Waals surface area contributed by atoms with Crippen LogP contribution in [0.4, 0.5) is 13.2 Å². The number of alkyl halides is 3. The van der Waals surface area contributed by atoms with Gasteiger partial charge in [0.1, 0.15) is 16.3 Å². The molecule has 1 aliphatic rings. The van der Waals surface area contributed by atoms with Crippen LogP contribution in [0.2, 0.25) is 0 Å². The van der Waals surface area contributed by atoms with Gasteiger partial charge in [0.25, 0.3) is 5.91 Å². The highest BCUT2D eigenvalue weighted by molar-refractivity contribution is 7.89. The Morgan fingerprint density at radius 3 is 2.57 bits per heavy atom. The molecular weight excluding hydrogens is 483 g/mol. The molecule has 3 aromatic heterocycles. The summed E-state index contributed by atoms with van der Waals surface area (Å²) in [7, 11) is -3.87. The SMILES string of the molecule is O=C(NCCCCC1CCN(S(=O)(=O)c2ccc(C(F)(F)F)nc2)CC1)c1cc2cnccc2[nH]1. The standard InChI is InChI=1S/C23H26F3N5O3S/c24-23(25,26)21-5-4-18(15-29-21)35(33,34)31-11-7-16(8-12-31)3-1-2-9-28-22(32)20-13-17-14-27-10-6-19(17)30-20/h4-6,10,13-16,30H,1-3,7-9,11-12H2,(H,28,32). The van der Waals surface area contributed by atoms with Crippen LogP contribution in [0.15, 0.2) is 47.8 Å². The molecule has 35 heavy (non-hydrogen) atoms. The molecule has 0 unspecified atom stereocenters. The molecule has 1 aliphatic heterocycles. The van der Waals surface area contributed by atoms with Crippen molar-refractivity contribution in [1.82, 2.24) is 24.6 Å². The highest BCUT2D eigenvalue weighted by atomic mass is 32.2. The van der Waals surface area contributed by atoms with Gasteiger partial charge in [0.2, 0.25) is 10.0 Å². The lowest BCUT2D eigenvalue weighted by atomic mass is 9.92. The number of carbonyl (C=O) groups is 1. The lowest BCUT2D eigenvalue weighted by molar-refractivity contribution is -0.141. The zero-order valence-corrected chi connectivity index (χ0v) is 19.7. The van der Waals surface area contributed by atoms with Crippen molar-refractivity contribution in [2.75, 3.05) is 19.6 Å². The van der Waals surface area contributed by atoms with Crippen molar-refractivity contribution in [3.8, 4) is 0 Å². The molecule has 0 aliphatic carbocycles. The molecule has 0 bridgehead atoms. The Morgan fingerprint density at radius 1 is 1.14 bits per heavy atom. The third-order valence-corrected chi connectivity index (χ3v) is 8.11. The van der Waals surface area contributed by atoms with Crippen LogP contribution in [0, 0.1) is 5.92 Å². The van der Waals surface area contributed by atoms with Crippen molar-refractivity contribution >= 4 is 26.8 Å². The fourth-order valence-corrected chi connectivity index (χ4v) is 5.65. The number of nitrogens with zero attached hydrogens (tertiary/aromatic N) is 3. The summed E-state index contributed by atoms with van der Waals surface area (Å²) in [6.45, 7) is 1.18. The number of nitrogens with one attached hydrogen (secondary N) is 2. The van der Waals surface area contributed by atoms with Gasteiger partial charge >= 0.3 is 6.18 Å². The van der Waals surface area contributed by atoms with Gasteiger partial charge in [-0.25, -0.2) is 8.42 Å². The maximum atomic E-state index is 12.8. The lowest BCUT2D eigenvalue weighted by Gasteiger charge is -2.31. The van der Waals surface area contributed by atoms with Crippen molar-refractivity contribution in [3.05, 3.63) is 54.2 Å². The second-order valence-corrected chi connectivity index (χ2v) is 10.6. The fraction of sp³-hybridized carbons (Fsp3) is 0.435. The molecule has 0 radical (unpaired) electrons. The van der Waals surface area contributed by atoms with Gasteiger partial charge in [0, 0.05) is 49.1 Å². The minimum Gasteiger partial charge on any atom is -0.351 e. The number of unbranched alkanes of at least 4 members (excludes halogenated alkanes) is 1. The van der Waals surface area contributed by atoms with Crippen LogP contribution in [0.25, 0.3) is 10.9 Å². The van der Waals surface area contributed by atoms with Crippen LogP contribution in [0.5, 0.6) is 0 Å². The molecule has 0 aromatic carbocycles. The summed E-state index contributed by atoms with van der Waals surface area (Å²) >= 11 is 0. The van der Waals surface area contributed by atoms with Gasteiger partial charge in [-0.05, 0) is 49.4 Å². The number of H-pyrrole nitrogens is 1. The van der Waals surface area contributed by atoms with Crippen molar-refractivity contribution in [1.29, 1.82) is 0 Å². The first kappa shape index (κ1) is 25.1. The number of aromatic amines is 1. The first-order valence-electron chi connectivity index (χ1n) is 11.4. The maximum Gasteiger partial charge on any atom is 0.433 e. The Kier molecular flexibility index (Phi) is 7.41. The molecule has 12 heteroatoms. The summed E-state index contributed by atoms with van der Waals surface area (Å²) in [6.07, 6.45) is 3.50.